The van der Waals surface area contributed by atoms with E-state index in [1.54, 1.807) is 57.8 Å². The highest BCUT2D eigenvalue weighted by molar-refractivity contribution is 6.04. The number of nitrogens with one attached hydrogen (secondary N) is 1. The summed E-state index contributed by atoms with van der Waals surface area (Å²) >= 11 is 0. The SMILES string of the molecule is Cc1nc2c(cc(C(=O)NCc3ccncc3)n2C)c(-c2cc(F)c3c(c2C)CCCO3)c1[C@H](OC(C)(C)C)C(=O)O. The zero-order valence-corrected chi connectivity index (χ0v) is 24.7. The van der Waals surface area contributed by atoms with Crippen molar-refractivity contribution in [3.63, 3.8) is 0 Å². The highest BCUT2D eigenvalue weighted by Gasteiger charge is 2.34. The van der Waals surface area contributed by atoms with Gasteiger partial charge in [-0.25, -0.2) is 14.2 Å². The van der Waals surface area contributed by atoms with Gasteiger partial charge in [-0.1, -0.05) is 0 Å². The Balaban J connectivity index is 1.76. The Morgan fingerprint density at radius 1 is 1.21 bits per heavy atom. The molecule has 42 heavy (non-hydrogen) atoms. The lowest BCUT2D eigenvalue weighted by atomic mass is 9.86. The van der Waals surface area contributed by atoms with E-state index >= 15 is 4.39 Å². The predicted octanol–water partition coefficient (Wildman–Crippen LogP) is 5.59. The molecule has 1 aromatic carbocycles. The number of fused-ring (bicyclic) bond motifs is 2. The molecule has 0 saturated heterocycles. The van der Waals surface area contributed by atoms with Crippen LogP contribution in [-0.2, 0) is 29.5 Å². The molecule has 1 atom stereocenters. The highest BCUT2D eigenvalue weighted by Crippen LogP contribution is 2.44. The molecule has 0 unspecified atom stereocenters. The normalized spacial score (nSPS) is 13.9. The molecule has 0 fully saturated rings. The van der Waals surface area contributed by atoms with Gasteiger partial charge in [0.25, 0.3) is 5.91 Å². The zero-order valence-electron chi connectivity index (χ0n) is 24.7. The molecule has 9 nitrogen and oxygen atoms in total. The van der Waals surface area contributed by atoms with Crippen LogP contribution in [0.5, 0.6) is 5.75 Å². The Morgan fingerprint density at radius 3 is 2.60 bits per heavy atom. The van der Waals surface area contributed by atoms with E-state index in [1.807, 2.05) is 19.1 Å². The molecule has 4 aromatic rings. The summed E-state index contributed by atoms with van der Waals surface area (Å²) in [6.45, 7) is 9.66. The van der Waals surface area contributed by atoms with E-state index < -0.39 is 23.5 Å². The van der Waals surface area contributed by atoms with Crippen molar-refractivity contribution in [3.8, 4) is 16.9 Å². The van der Waals surface area contributed by atoms with Crippen molar-refractivity contribution in [2.45, 2.75) is 65.7 Å². The third-order valence-electron chi connectivity index (χ3n) is 7.50. The number of aryl methyl sites for hydroxylation is 2. The van der Waals surface area contributed by atoms with Crippen LogP contribution in [0.1, 0.15) is 71.7 Å². The van der Waals surface area contributed by atoms with E-state index in [0.717, 1.165) is 23.1 Å². The number of carboxylic acid groups (broad SMARTS) is 1. The van der Waals surface area contributed by atoms with E-state index in [1.165, 1.54) is 6.07 Å². The van der Waals surface area contributed by atoms with Gasteiger partial charge in [0.2, 0.25) is 0 Å². The lowest BCUT2D eigenvalue weighted by Crippen LogP contribution is -2.28. The van der Waals surface area contributed by atoms with Crippen LogP contribution in [-0.4, -0.2) is 43.7 Å². The van der Waals surface area contributed by atoms with E-state index in [-0.39, 0.29) is 11.7 Å². The first-order valence-corrected chi connectivity index (χ1v) is 13.9. The lowest BCUT2D eigenvalue weighted by Gasteiger charge is -2.29. The molecule has 3 aromatic heterocycles. The summed E-state index contributed by atoms with van der Waals surface area (Å²) < 4.78 is 29.0. The first-order chi connectivity index (χ1) is 19.9. The molecule has 0 aliphatic carbocycles. The van der Waals surface area contributed by atoms with E-state index in [9.17, 15) is 14.7 Å². The summed E-state index contributed by atoms with van der Waals surface area (Å²) in [5.41, 5.74) is 4.13. The number of aromatic nitrogens is 3. The number of carboxylic acids is 1. The van der Waals surface area contributed by atoms with Crippen molar-refractivity contribution >= 4 is 22.9 Å². The first kappa shape index (κ1) is 29.2. The summed E-state index contributed by atoms with van der Waals surface area (Å²) in [7, 11) is 1.73. The highest BCUT2D eigenvalue weighted by atomic mass is 19.1. The summed E-state index contributed by atoms with van der Waals surface area (Å²) in [6.07, 6.45) is 3.29. The molecule has 2 N–H and O–H groups in total. The fourth-order valence-corrected chi connectivity index (χ4v) is 5.56. The second kappa shape index (κ2) is 11.2. The van der Waals surface area contributed by atoms with Gasteiger partial charge in [-0.2, -0.15) is 0 Å². The van der Waals surface area contributed by atoms with Gasteiger partial charge in [0.1, 0.15) is 11.3 Å². The maximum atomic E-state index is 15.6. The number of benzene rings is 1. The van der Waals surface area contributed by atoms with Crippen molar-refractivity contribution in [3.05, 3.63) is 76.1 Å². The first-order valence-electron chi connectivity index (χ1n) is 13.9. The fourth-order valence-electron chi connectivity index (χ4n) is 5.56. The van der Waals surface area contributed by atoms with Crippen LogP contribution in [0.15, 0.2) is 36.7 Å². The van der Waals surface area contributed by atoms with E-state index in [0.29, 0.717) is 58.7 Å². The van der Waals surface area contributed by atoms with Crippen LogP contribution >= 0.6 is 0 Å². The number of nitrogens with zero attached hydrogens (tertiary/aromatic N) is 3. The van der Waals surface area contributed by atoms with Crippen molar-refractivity contribution in [2.75, 3.05) is 6.61 Å². The summed E-state index contributed by atoms with van der Waals surface area (Å²) in [5, 5.41) is 13.8. The number of hydrogen-bond acceptors (Lipinski definition) is 6. The minimum absolute atomic E-state index is 0.232. The molecular formula is C32H35FN4O5. The van der Waals surface area contributed by atoms with Crippen LogP contribution in [0, 0.1) is 19.7 Å². The largest absolute Gasteiger partial charge is 0.490 e. The van der Waals surface area contributed by atoms with Crippen molar-refractivity contribution in [1.29, 1.82) is 0 Å². The second-order valence-corrected chi connectivity index (χ2v) is 11.6. The van der Waals surface area contributed by atoms with Crippen LogP contribution < -0.4 is 10.1 Å². The van der Waals surface area contributed by atoms with Gasteiger partial charge < -0.3 is 24.5 Å². The number of halogens is 1. The van der Waals surface area contributed by atoms with Crippen molar-refractivity contribution in [1.82, 2.24) is 19.9 Å². The van der Waals surface area contributed by atoms with Gasteiger partial charge in [-0.05, 0) is 88.4 Å². The molecule has 5 rings (SSSR count). The van der Waals surface area contributed by atoms with Gasteiger partial charge in [0.05, 0.1) is 12.2 Å². The minimum atomic E-state index is -1.39. The number of carbonyl (C=O) groups is 2. The van der Waals surface area contributed by atoms with Crippen molar-refractivity contribution < 1.29 is 28.6 Å². The Kier molecular flexibility index (Phi) is 7.76. The molecule has 10 heteroatoms. The number of aliphatic carboxylic acids is 1. The number of ether oxygens (including phenoxy) is 2. The molecule has 220 valence electrons. The Bertz CT molecular complexity index is 1690. The average Bonchev–Trinajstić information content (AvgIpc) is 3.27. The minimum Gasteiger partial charge on any atom is -0.490 e. The topological polar surface area (TPSA) is 116 Å². The van der Waals surface area contributed by atoms with Crippen LogP contribution in [0.2, 0.25) is 0 Å². The summed E-state index contributed by atoms with van der Waals surface area (Å²) in [6, 6.07) is 6.71. The van der Waals surface area contributed by atoms with Gasteiger partial charge in [0.15, 0.2) is 17.7 Å². The molecule has 4 heterocycles. The monoisotopic (exact) mass is 574 g/mol. The molecule has 0 saturated carbocycles. The summed E-state index contributed by atoms with van der Waals surface area (Å²) in [4.78, 5) is 34.9. The molecule has 1 amide bonds. The quantitative estimate of drug-likeness (QED) is 0.296. The summed E-state index contributed by atoms with van der Waals surface area (Å²) in [5.74, 6) is -1.81. The van der Waals surface area contributed by atoms with Crippen molar-refractivity contribution in [2.24, 2.45) is 7.05 Å². The number of carbonyl (C=O) groups excluding carboxylic acids is 1. The zero-order chi connectivity index (χ0) is 30.3. The van der Waals surface area contributed by atoms with Gasteiger partial charge >= 0.3 is 5.97 Å². The molecule has 1 aliphatic heterocycles. The van der Waals surface area contributed by atoms with Gasteiger partial charge in [0, 0.05) is 53.8 Å². The number of amides is 1. The van der Waals surface area contributed by atoms with E-state index in [4.69, 9.17) is 14.5 Å². The van der Waals surface area contributed by atoms with Crippen LogP contribution in [0.4, 0.5) is 4.39 Å². The lowest BCUT2D eigenvalue weighted by molar-refractivity contribution is -0.160. The Hall–Kier alpha value is -4.31. The third-order valence-corrected chi connectivity index (χ3v) is 7.50. The maximum Gasteiger partial charge on any atom is 0.337 e. The van der Waals surface area contributed by atoms with E-state index in [2.05, 4.69) is 10.3 Å². The number of rotatable bonds is 7. The Labute approximate surface area is 243 Å². The number of pyridine rings is 2. The molecule has 0 radical (unpaired) electrons. The van der Waals surface area contributed by atoms with Gasteiger partial charge in [-0.3, -0.25) is 9.78 Å². The molecule has 0 spiro atoms. The molecule has 0 bridgehead atoms. The average molecular weight is 575 g/mol. The standard InChI is InChI=1S/C32H35FN4O5/c1-17-20-8-7-13-41-27(20)23(33)14-21(17)26-22-15-24(30(38)35-16-19-9-11-34-12-10-19)37(6)29(22)36-18(2)25(26)28(31(39)40)42-32(3,4)5/h9-12,14-15,28H,7-8,13,16H2,1-6H3,(H,35,38)(H,39,40)/t28-/m0/s1. The fraction of sp³-hybridized carbons (Fsp3) is 0.375. The smallest absolute Gasteiger partial charge is 0.337 e. The van der Waals surface area contributed by atoms with Gasteiger partial charge in [-0.15, -0.1) is 0 Å². The maximum absolute atomic E-state index is 15.6. The second-order valence-electron chi connectivity index (χ2n) is 11.6. The molecular weight excluding hydrogens is 539 g/mol. The van der Waals surface area contributed by atoms with Crippen LogP contribution in [0.25, 0.3) is 22.2 Å². The molecule has 1 aliphatic rings. The number of hydrogen-bond donors (Lipinski definition) is 2. The predicted molar refractivity (Wildman–Crippen MR) is 156 cm³/mol. The third kappa shape index (κ3) is 5.46. The van der Waals surface area contributed by atoms with Crippen LogP contribution in [0.3, 0.4) is 0 Å². The Morgan fingerprint density at radius 2 is 1.93 bits per heavy atom.